The highest BCUT2D eigenvalue weighted by molar-refractivity contribution is 5.91. The maximum absolute atomic E-state index is 12.8. The molecule has 3 aromatic rings. The Bertz CT molecular complexity index is 1250. The number of carbonyl (C=O) groups excluding carboxylic acids is 3. The Morgan fingerprint density at radius 3 is 1.64 bits per heavy atom. The number of esters is 3. The summed E-state index contributed by atoms with van der Waals surface area (Å²) in [6, 6.07) is 24.6. The molecule has 36 heavy (non-hydrogen) atoms. The van der Waals surface area contributed by atoms with Crippen LogP contribution in [0.3, 0.4) is 0 Å². The molecule has 0 bridgehead atoms. The van der Waals surface area contributed by atoms with Gasteiger partial charge in [-0.3, -0.25) is 0 Å². The fraction of sp³-hybridized carbons (Fsp3) is 0.192. The lowest BCUT2D eigenvalue weighted by molar-refractivity contribution is -0.0445. The summed E-state index contributed by atoms with van der Waals surface area (Å²) in [4.78, 5) is 40.8. The second-order valence-electron chi connectivity index (χ2n) is 7.71. The second kappa shape index (κ2) is 11.7. The van der Waals surface area contributed by atoms with Crippen LogP contribution in [-0.2, 0) is 18.9 Å². The predicted molar refractivity (Wildman–Crippen MR) is 126 cm³/mol. The highest BCUT2D eigenvalue weighted by atomic mass is 16.7. The van der Waals surface area contributed by atoms with Crippen LogP contribution in [0.25, 0.3) is 10.4 Å². The lowest BCUT2D eigenvalue weighted by atomic mass is 10.1. The van der Waals surface area contributed by atoms with Crippen LogP contribution < -0.4 is 0 Å². The third-order valence-electron chi connectivity index (χ3n) is 5.34. The van der Waals surface area contributed by atoms with E-state index in [1.807, 2.05) is 0 Å². The van der Waals surface area contributed by atoms with Crippen LogP contribution in [0.15, 0.2) is 96.1 Å². The van der Waals surface area contributed by atoms with Gasteiger partial charge in [0.2, 0.25) is 0 Å². The van der Waals surface area contributed by atoms with Gasteiger partial charge in [0, 0.05) is 4.91 Å². The maximum atomic E-state index is 12.8. The summed E-state index contributed by atoms with van der Waals surface area (Å²) < 4.78 is 22.3. The van der Waals surface area contributed by atoms with Gasteiger partial charge in [0.1, 0.15) is 12.7 Å². The quantitative estimate of drug-likeness (QED) is 0.152. The van der Waals surface area contributed by atoms with Gasteiger partial charge in [-0.15, -0.1) is 0 Å². The molecule has 1 heterocycles. The molecule has 0 amide bonds. The van der Waals surface area contributed by atoms with Gasteiger partial charge in [-0.05, 0) is 41.9 Å². The van der Waals surface area contributed by atoms with Crippen LogP contribution in [0.1, 0.15) is 31.1 Å². The SMILES string of the molecule is [N-]=[N+]=N[C@H]1O[C@H](COC(=O)c2ccccc2)[C@@H](OC(=O)c2ccccc2)[C@H]1OC(=O)c1ccccc1. The van der Waals surface area contributed by atoms with Crippen molar-refractivity contribution in [2.45, 2.75) is 24.5 Å². The molecule has 0 unspecified atom stereocenters. The number of rotatable bonds is 8. The Labute approximate surface area is 206 Å². The standard InChI is InChI=1S/C26H21N3O7/c27-29-28-23-22(36-26(32)19-14-8-3-9-15-19)21(35-25(31)18-12-6-2-7-13-18)20(34-23)16-33-24(30)17-10-4-1-5-11-17/h1-15,20-23H,16H2/t20-,21-,22-,23+/m1/s1. The van der Waals surface area contributed by atoms with Crippen LogP contribution in [-0.4, -0.2) is 49.1 Å². The second-order valence-corrected chi connectivity index (χ2v) is 7.71. The largest absolute Gasteiger partial charge is 0.459 e. The number of hydrogen-bond donors (Lipinski definition) is 0. The smallest absolute Gasteiger partial charge is 0.338 e. The van der Waals surface area contributed by atoms with Crippen molar-refractivity contribution in [3.63, 3.8) is 0 Å². The fourth-order valence-corrected chi connectivity index (χ4v) is 3.60. The van der Waals surface area contributed by atoms with Crippen LogP contribution in [0.5, 0.6) is 0 Å². The van der Waals surface area contributed by atoms with Crippen molar-refractivity contribution in [3.8, 4) is 0 Å². The monoisotopic (exact) mass is 487 g/mol. The van der Waals surface area contributed by atoms with Crippen molar-refractivity contribution >= 4 is 17.9 Å². The van der Waals surface area contributed by atoms with Crippen molar-refractivity contribution in [3.05, 3.63) is 118 Å². The summed E-state index contributed by atoms with van der Waals surface area (Å²) in [6.45, 7) is -0.350. The molecule has 0 N–H and O–H groups in total. The summed E-state index contributed by atoms with van der Waals surface area (Å²) >= 11 is 0. The minimum Gasteiger partial charge on any atom is -0.459 e. The molecule has 1 aliphatic heterocycles. The van der Waals surface area contributed by atoms with E-state index in [0.29, 0.717) is 5.56 Å². The van der Waals surface area contributed by atoms with Crippen molar-refractivity contribution < 1.29 is 33.3 Å². The van der Waals surface area contributed by atoms with E-state index < -0.39 is 42.4 Å². The summed E-state index contributed by atoms with van der Waals surface area (Å²) in [7, 11) is 0. The van der Waals surface area contributed by atoms with E-state index in [9.17, 15) is 14.4 Å². The third-order valence-corrected chi connectivity index (χ3v) is 5.34. The van der Waals surface area contributed by atoms with E-state index >= 15 is 0 Å². The Balaban J connectivity index is 1.58. The topological polar surface area (TPSA) is 137 Å². The average molecular weight is 487 g/mol. The number of carbonyl (C=O) groups is 3. The zero-order chi connectivity index (χ0) is 25.3. The molecule has 1 saturated heterocycles. The summed E-state index contributed by atoms with van der Waals surface area (Å²) in [5, 5.41) is 3.57. The molecule has 1 fully saturated rings. The first kappa shape index (κ1) is 24.5. The van der Waals surface area contributed by atoms with Crippen molar-refractivity contribution in [2.24, 2.45) is 5.11 Å². The molecule has 0 aromatic heterocycles. The molecule has 0 spiro atoms. The molecule has 182 valence electrons. The van der Waals surface area contributed by atoms with Crippen LogP contribution in [0, 0.1) is 0 Å². The molecule has 10 heteroatoms. The first-order valence-electron chi connectivity index (χ1n) is 11.0. The van der Waals surface area contributed by atoms with Gasteiger partial charge in [0.15, 0.2) is 18.4 Å². The number of ether oxygens (including phenoxy) is 4. The molecule has 1 aliphatic rings. The van der Waals surface area contributed by atoms with Gasteiger partial charge >= 0.3 is 17.9 Å². The molecule has 10 nitrogen and oxygen atoms in total. The molecule has 4 rings (SSSR count). The van der Waals surface area contributed by atoms with Crippen molar-refractivity contribution in [2.75, 3.05) is 6.61 Å². The normalized spacial score (nSPS) is 20.6. The first-order chi connectivity index (χ1) is 17.6. The predicted octanol–water partition coefficient (Wildman–Crippen LogP) is 4.33. The molecule has 0 aliphatic carbocycles. The van der Waals surface area contributed by atoms with Gasteiger partial charge in [-0.2, -0.15) is 0 Å². The Kier molecular flexibility index (Phi) is 7.92. The maximum Gasteiger partial charge on any atom is 0.338 e. The molecule has 0 saturated carbocycles. The van der Waals surface area contributed by atoms with Crippen LogP contribution in [0.2, 0.25) is 0 Å². The van der Waals surface area contributed by atoms with E-state index in [2.05, 4.69) is 10.0 Å². The van der Waals surface area contributed by atoms with E-state index in [1.165, 1.54) is 0 Å². The van der Waals surface area contributed by atoms with E-state index in [-0.39, 0.29) is 17.7 Å². The Morgan fingerprint density at radius 2 is 1.17 bits per heavy atom. The lowest BCUT2D eigenvalue weighted by Crippen LogP contribution is -2.41. The first-order valence-corrected chi connectivity index (χ1v) is 11.0. The van der Waals surface area contributed by atoms with E-state index in [0.717, 1.165) is 0 Å². The van der Waals surface area contributed by atoms with Crippen molar-refractivity contribution in [1.29, 1.82) is 0 Å². The minimum atomic E-state index is -1.32. The summed E-state index contributed by atoms with van der Waals surface area (Å²) in [5.74, 6) is -2.08. The number of hydrogen-bond acceptors (Lipinski definition) is 8. The summed E-state index contributed by atoms with van der Waals surface area (Å²) in [5.41, 5.74) is 9.84. The van der Waals surface area contributed by atoms with Gasteiger partial charge in [-0.25, -0.2) is 14.4 Å². The molecule has 4 atom stereocenters. The summed E-state index contributed by atoms with van der Waals surface area (Å²) in [6.07, 6.45) is -4.92. The number of benzene rings is 3. The molecular formula is C26H21N3O7. The van der Waals surface area contributed by atoms with E-state index in [4.69, 9.17) is 24.5 Å². The Morgan fingerprint density at radius 1 is 0.722 bits per heavy atom. The molecule has 0 radical (unpaired) electrons. The Hall–Kier alpha value is -4.66. The third kappa shape index (κ3) is 5.87. The zero-order valence-electron chi connectivity index (χ0n) is 18.9. The number of nitrogens with zero attached hydrogens (tertiary/aromatic N) is 3. The zero-order valence-corrected chi connectivity index (χ0v) is 18.9. The lowest BCUT2D eigenvalue weighted by Gasteiger charge is -2.23. The molecule has 3 aromatic carbocycles. The van der Waals surface area contributed by atoms with E-state index in [1.54, 1.807) is 91.0 Å². The highest BCUT2D eigenvalue weighted by Gasteiger charge is 2.50. The van der Waals surface area contributed by atoms with Gasteiger partial charge in [0.05, 0.1) is 16.7 Å². The van der Waals surface area contributed by atoms with Crippen LogP contribution >= 0.6 is 0 Å². The van der Waals surface area contributed by atoms with Gasteiger partial charge < -0.3 is 18.9 Å². The van der Waals surface area contributed by atoms with Gasteiger partial charge in [0.25, 0.3) is 0 Å². The average Bonchev–Trinajstić information content (AvgIpc) is 3.24. The van der Waals surface area contributed by atoms with Crippen LogP contribution in [0.4, 0.5) is 0 Å². The van der Waals surface area contributed by atoms with Gasteiger partial charge in [-0.1, -0.05) is 59.7 Å². The minimum absolute atomic E-state index is 0.240. The fourth-order valence-electron chi connectivity index (χ4n) is 3.60. The van der Waals surface area contributed by atoms with Crippen molar-refractivity contribution in [1.82, 2.24) is 0 Å². The highest BCUT2D eigenvalue weighted by Crippen LogP contribution is 2.30. The number of azide groups is 1. The molecular weight excluding hydrogens is 466 g/mol.